The molecule has 2 bridgehead atoms. The minimum absolute atomic E-state index is 0.0171. The number of sulfonamides is 1. The molecule has 4 aliphatic rings. The molecule has 0 radical (unpaired) electrons. The minimum atomic E-state index is -3.66. The lowest BCUT2D eigenvalue weighted by molar-refractivity contribution is -0.136. The molecule has 4 fully saturated rings. The first-order valence-electron chi connectivity index (χ1n) is 12.5. The van der Waals surface area contributed by atoms with Gasteiger partial charge < -0.3 is 4.90 Å². The molecule has 182 valence electrons. The maximum absolute atomic E-state index is 13.9. The molecule has 5 rings (SSSR count). The molecule has 0 aromatic heterocycles. The normalized spacial score (nSPS) is 32.2. The van der Waals surface area contributed by atoms with Gasteiger partial charge in [0, 0.05) is 48.7 Å². The Labute approximate surface area is 203 Å². The summed E-state index contributed by atoms with van der Waals surface area (Å²) < 4.78 is 29.5. The van der Waals surface area contributed by atoms with E-state index in [0.717, 1.165) is 51.6 Å². The van der Waals surface area contributed by atoms with Crippen LogP contribution in [0.5, 0.6) is 0 Å². The fourth-order valence-corrected chi connectivity index (χ4v) is 8.79. The van der Waals surface area contributed by atoms with E-state index in [0.29, 0.717) is 28.4 Å². The van der Waals surface area contributed by atoms with Gasteiger partial charge in [-0.2, -0.15) is 4.31 Å². The van der Waals surface area contributed by atoms with Crippen molar-refractivity contribution in [2.45, 2.75) is 93.8 Å². The number of fused-ring (bicyclic) bond motifs is 2. The van der Waals surface area contributed by atoms with E-state index in [4.69, 9.17) is 11.6 Å². The Morgan fingerprint density at radius 3 is 2.27 bits per heavy atom. The standard InChI is InChI=1S/C25H36ClN3O3S/c1-3-19-5-4-6-23(29(19)33(31,32)22-11-7-18(26)8-12-22)25(13-14-25)15-24(30)28-16-20-9-10-21(17-28)27(20)2/h7-8,11-12,19-21,23H,3-6,9-10,13-17H2,1-2H3/t19-,20?,21?,23-/m1/s1. The third-order valence-corrected chi connectivity index (χ3v) is 11.1. The number of hydrogen-bond donors (Lipinski definition) is 0. The summed E-state index contributed by atoms with van der Waals surface area (Å²) in [6.45, 7) is 3.70. The van der Waals surface area contributed by atoms with Crippen LogP contribution < -0.4 is 0 Å². The molecule has 3 saturated heterocycles. The Morgan fingerprint density at radius 1 is 1.06 bits per heavy atom. The molecule has 4 atom stereocenters. The van der Waals surface area contributed by atoms with Gasteiger partial charge in [-0.1, -0.05) is 24.9 Å². The van der Waals surface area contributed by atoms with Crippen LogP contribution in [-0.4, -0.2) is 72.7 Å². The highest BCUT2D eigenvalue weighted by Gasteiger charge is 2.57. The number of halogens is 1. The zero-order valence-electron chi connectivity index (χ0n) is 19.7. The Balaban J connectivity index is 1.39. The molecule has 3 aliphatic heterocycles. The fraction of sp³-hybridized carbons (Fsp3) is 0.720. The monoisotopic (exact) mass is 493 g/mol. The van der Waals surface area contributed by atoms with Gasteiger partial charge >= 0.3 is 0 Å². The number of benzene rings is 1. The lowest BCUT2D eigenvalue weighted by atomic mass is 9.83. The highest BCUT2D eigenvalue weighted by Crippen LogP contribution is 2.57. The molecule has 1 amide bonds. The molecule has 8 heteroatoms. The van der Waals surface area contributed by atoms with Gasteiger partial charge in [0.15, 0.2) is 0 Å². The number of likely N-dealkylation sites (N-methyl/N-ethyl adjacent to an activating group) is 1. The third kappa shape index (κ3) is 4.24. The second-order valence-corrected chi connectivity index (χ2v) is 13.0. The zero-order chi connectivity index (χ0) is 23.4. The van der Waals surface area contributed by atoms with Gasteiger partial charge in [-0.05, 0) is 81.7 Å². The van der Waals surface area contributed by atoms with E-state index < -0.39 is 10.0 Å². The summed E-state index contributed by atoms with van der Waals surface area (Å²) in [5, 5.41) is 0.529. The van der Waals surface area contributed by atoms with Crippen molar-refractivity contribution in [2.75, 3.05) is 20.1 Å². The van der Waals surface area contributed by atoms with Crippen molar-refractivity contribution in [1.29, 1.82) is 0 Å². The Morgan fingerprint density at radius 2 is 1.70 bits per heavy atom. The smallest absolute Gasteiger partial charge is 0.243 e. The first-order chi connectivity index (χ1) is 15.7. The third-order valence-electron chi connectivity index (χ3n) is 8.84. The number of nitrogens with zero attached hydrogens (tertiary/aromatic N) is 3. The minimum Gasteiger partial charge on any atom is -0.340 e. The Bertz CT molecular complexity index is 981. The van der Waals surface area contributed by atoms with Crippen LogP contribution in [0.25, 0.3) is 0 Å². The van der Waals surface area contributed by atoms with Crippen LogP contribution in [0.15, 0.2) is 29.2 Å². The van der Waals surface area contributed by atoms with Gasteiger partial charge in [-0.25, -0.2) is 8.42 Å². The van der Waals surface area contributed by atoms with E-state index in [9.17, 15) is 13.2 Å². The van der Waals surface area contributed by atoms with Crippen molar-refractivity contribution >= 4 is 27.5 Å². The number of amides is 1. The lowest BCUT2D eigenvalue weighted by Gasteiger charge is -2.45. The average molecular weight is 494 g/mol. The van der Waals surface area contributed by atoms with Crippen molar-refractivity contribution in [3.63, 3.8) is 0 Å². The van der Waals surface area contributed by atoms with Crippen molar-refractivity contribution in [3.8, 4) is 0 Å². The molecule has 1 aromatic carbocycles. The molecule has 33 heavy (non-hydrogen) atoms. The second-order valence-electron chi connectivity index (χ2n) is 10.7. The van der Waals surface area contributed by atoms with Crippen molar-refractivity contribution in [3.05, 3.63) is 29.3 Å². The second kappa shape index (κ2) is 8.81. The number of likely N-dealkylation sites (tertiary alicyclic amines) is 1. The van der Waals surface area contributed by atoms with E-state index >= 15 is 0 Å². The summed E-state index contributed by atoms with van der Waals surface area (Å²) in [6, 6.07) is 7.34. The van der Waals surface area contributed by atoms with Crippen molar-refractivity contribution in [2.24, 2.45) is 5.41 Å². The van der Waals surface area contributed by atoms with Gasteiger partial charge in [0.05, 0.1) is 4.90 Å². The van der Waals surface area contributed by atoms with Crippen LogP contribution in [0.3, 0.4) is 0 Å². The average Bonchev–Trinajstić information content (AvgIpc) is 3.55. The molecule has 1 aromatic rings. The predicted octanol–water partition coefficient (Wildman–Crippen LogP) is 4.14. The van der Waals surface area contributed by atoms with E-state index in [2.05, 4.69) is 23.8 Å². The fourth-order valence-electron chi connectivity index (χ4n) is 6.63. The number of piperazine rings is 1. The Hall–Kier alpha value is -1.15. The van der Waals surface area contributed by atoms with Crippen LogP contribution >= 0.6 is 11.6 Å². The van der Waals surface area contributed by atoms with Gasteiger partial charge in [0.25, 0.3) is 0 Å². The van der Waals surface area contributed by atoms with Crippen LogP contribution in [0.2, 0.25) is 5.02 Å². The molecule has 0 spiro atoms. The summed E-state index contributed by atoms with van der Waals surface area (Å²) in [5.41, 5.74) is -0.215. The molecular formula is C25H36ClN3O3S. The molecule has 3 heterocycles. The van der Waals surface area contributed by atoms with Crippen molar-refractivity contribution < 1.29 is 13.2 Å². The van der Waals surface area contributed by atoms with E-state index in [1.54, 1.807) is 28.6 Å². The first kappa shape index (κ1) is 23.6. The summed E-state index contributed by atoms with van der Waals surface area (Å²) >= 11 is 6.03. The molecular weight excluding hydrogens is 458 g/mol. The maximum Gasteiger partial charge on any atom is 0.243 e. The van der Waals surface area contributed by atoms with Crippen LogP contribution in [0, 0.1) is 5.41 Å². The van der Waals surface area contributed by atoms with Crippen LogP contribution in [0.1, 0.15) is 64.7 Å². The lowest BCUT2D eigenvalue weighted by Crippen LogP contribution is -2.56. The predicted molar refractivity (Wildman–Crippen MR) is 130 cm³/mol. The highest BCUT2D eigenvalue weighted by molar-refractivity contribution is 7.89. The molecule has 0 N–H and O–H groups in total. The van der Waals surface area contributed by atoms with Crippen LogP contribution in [0.4, 0.5) is 0 Å². The van der Waals surface area contributed by atoms with Gasteiger partial charge in [0.1, 0.15) is 0 Å². The van der Waals surface area contributed by atoms with Crippen LogP contribution in [-0.2, 0) is 14.8 Å². The number of hydrogen-bond acceptors (Lipinski definition) is 4. The SMILES string of the molecule is CC[C@@H]1CCC[C@H](C2(CC(=O)N3CC4CCC(C3)N4C)CC2)N1S(=O)(=O)c1ccc(Cl)cc1. The first-order valence-corrected chi connectivity index (χ1v) is 14.4. The van der Waals surface area contributed by atoms with Gasteiger partial charge in [-0.3, -0.25) is 9.69 Å². The zero-order valence-corrected chi connectivity index (χ0v) is 21.3. The number of carbonyl (C=O) groups is 1. The quantitative estimate of drug-likeness (QED) is 0.597. The summed E-state index contributed by atoms with van der Waals surface area (Å²) in [6.07, 6.45) is 8.22. The van der Waals surface area contributed by atoms with Crippen molar-refractivity contribution in [1.82, 2.24) is 14.1 Å². The molecule has 1 saturated carbocycles. The summed E-state index contributed by atoms with van der Waals surface area (Å²) in [5.74, 6) is 0.222. The number of carbonyl (C=O) groups excluding carboxylic acids is 1. The molecule has 1 aliphatic carbocycles. The van der Waals surface area contributed by atoms with E-state index in [-0.39, 0.29) is 23.4 Å². The Kier molecular flexibility index (Phi) is 6.30. The highest BCUT2D eigenvalue weighted by atomic mass is 35.5. The van der Waals surface area contributed by atoms with Gasteiger partial charge in [0.2, 0.25) is 15.9 Å². The maximum atomic E-state index is 13.9. The largest absolute Gasteiger partial charge is 0.340 e. The molecule has 6 nitrogen and oxygen atoms in total. The van der Waals surface area contributed by atoms with Gasteiger partial charge in [-0.15, -0.1) is 0 Å². The number of piperidine rings is 1. The summed E-state index contributed by atoms with van der Waals surface area (Å²) in [7, 11) is -1.49. The molecule has 2 unspecified atom stereocenters. The topological polar surface area (TPSA) is 60.9 Å². The van der Waals surface area contributed by atoms with E-state index in [1.807, 2.05) is 0 Å². The summed E-state index contributed by atoms with van der Waals surface area (Å²) in [4.78, 5) is 18.3. The number of rotatable bonds is 6. The van der Waals surface area contributed by atoms with E-state index in [1.165, 1.54) is 12.8 Å².